The molecule has 1 amide bonds. The summed E-state index contributed by atoms with van der Waals surface area (Å²) in [6, 6.07) is 7.33. The van der Waals surface area contributed by atoms with Crippen molar-refractivity contribution in [3.63, 3.8) is 0 Å². The third kappa shape index (κ3) is 2.82. The van der Waals surface area contributed by atoms with Crippen molar-refractivity contribution in [2.75, 3.05) is 11.6 Å². The van der Waals surface area contributed by atoms with Crippen LogP contribution in [0.3, 0.4) is 0 Å². The van der Waals surface area contributed by atoms with Gasteiger partial charge in [-0.3, -0.25) is 4.79 Å². The Kier molecular flexibility index (Phi) is 3.61. The van der Waals surface area contributed by atoms with Crippen molar-refractivity contribution in [2.45, 2.75) is 11.3 Å². The number of alkyl halides is 2. The van der Waals surface area contributed by atoms with Gasteiger partial charge >= 0.3 is 6.29 Å². The van der Waals surface area contributed by atoms with Crippen molar-refractivity contribution in [3.8, 4) is 11.5 Å². The number of nitrogens with zero attached hydrogens (tertiary/aromatic N) is 1. The van der Waals surface area contributed by atoms with Crippen molar-refractivity contribution < 1.29 is 23.0 Å². The lowest BCUT2D eigenvalue weighted by Gasteiger charge is -2.08. The third-order valence-corrected chi connectivity index (χ3v) is 3.58. The van der Waals surface area contributed by atoms with Gasteiger partial charge in [0.1, 0.15) is 5.03 Å². The number of amides is 1. The molecule has 1 aromatic heterocycles. The number of hydrogen-bond donors (Lipinski definition) is 1. The van der Waals surface area contributed by atoms with Crippen LogP contribution in [0.25, 0.3) is 0 Å². The Morgan fingerprint density at radius 2 is 2.05 bits per heavy atom. The van der Waals surface area contributed by atoms with Crippen LogP contribution in [0.4, 0.5) is 14.5 Å². The first kappa shape index (κ1) is 14.6. The average Bonchev–Trinajstić information content (AvgIpc) is 2.80. The van der Waals surface area contributed by atoms with Crippen molar-refractivity contribution in [1.29, 1.82) is 0 Å². The molecular formula is C14H10F2N2O3S. The van der Waals surface area contributed by atoms with Gasteiger partial charge in [0, 0.05) is 18.0 Å². The molecule has 8 heteroatoms. The van der Waals surface area contributed by atoms with E-state index in [1.807, 2.05) is 6.26 Å². The molecule has 1 aromatic carbocycles. The van der Waals surface area contributed by atoms with Crippen molar-refractivity contribution >= 4 is 23.4 Å². The van der Waals surface area contributed by atoms with Gasteiger partial charge in [0.15, 0.2) is 11.5 Å². The maximum absolute atomic E-state index is 13.0. The molecule has 0 unspecified atom stereocenters. The highest BCUT2D eigenvalue weighted by Crippen LogP contribution is 2.42. The maximum atomic E-state index is 13.0. The highest BCUT2D eigenvalue weighted by molar-refractivity contribution is 7.98. The van der Waals surface area contributed by atoms with Crippen molar-refractivity contribution in [3.05, 3.63) is 42.1 Å². The highest BCUT2D eigenvalue weighted by Gasteiger charge is 2.43. The van der Waals surface area contributed by atoms with Gasteiger partial charge in [-0.05, 0) is 30.5 Å². The summed E-state index contributed by atoms with van der Waals surface area (Å²) in [5, 5.41) is 3.19. The number of rotatable bonds is 3. The standard InChI is InChI=1S/C14H10F2N2O3S/c1-22-13-9(3-2-6-17-13)12(19)18-8-4-5-10-11(7-8)21-14(15,16)20-10/h2-7H,1H3,(H,18,19). The molecule has 22 heavy (non-hydrogen) atoms. The van der Waals surface area contributed by atoms with Crippen LogP contribution < -0.4 is 14.8 Å². The first-order valence-electron chi connectivity index (χ1n) is 6.19. The monoisotopic (exact) mass is 324 g/mol. The number of nitrogens with one attached hydrogen (secondary N) is 1. The molecule has 2 heterocycles. The van der Waals surface area contributed by atoms with Crippen molar-refractivity contribution in [2.24, 2.45) is 0 Å². The van der Waals surface area contributed by atoms with Crippen LogP contribution in [0.1, 0.15) is 10.4 Å². The van der Waals surface area contributed by atoms with E-state index in [0.717, 1.165) is 0 Å². The molecule has 114 valence electrons. The summed E-state index contributed by atoms with van der Waals surface area (Å²) < 4.78 is 34.5. The second-order valence-corrected chi connectivity index (χ2v) is 5.14. The normalized spacial score (nSPS) is 14.7. The number of ether oxygens (including phenoxy) is 2. The summed E-state index contributed by atoms with van der Waals surface area (Å²) in [4.78, 5) is 16.3. The van der Waals surface area contributed by atoms with Gasteiger partial charge < -0.3 is 14.8 Å². The van der Waals surface area contributed by atoms with E-state index in [1.54, 1.807) is 18.3 Å². The molecule has 0 atom stereocenters. The van der Waals surface area contributed by atoms with E-state index in [1.165, 1.54) is 30.0 Å². The van der Waals surface area contributed by atoms with Gasteiger partial charge in [0.2, 0.25) is 0 Å². The zero-order valence-electron chi connectivity index (χ0n) is 11.3. The van der Waals surface area contributed by atoms with E-state index < -0.39 is 6.29 Å². The molecule has 0 radical (unpaired) electrons. The van der Waals surface area contributed by atoms with E-state index in [9.17, 15) is 13.6 Å². The Bertz CT molecular complexity index is 740. The van der Waals surface area contributed by atoms with Crippen LogP contribution in [0.2, 0.25) is 0 Å². The zero-order valence-corrected chi connectivity index (χ0v) is 12.1. The number of halogens is 2. The maximum Gasteiger partial charge on any atom is 0.586 e. The lowest BCUT2D eigenvalue weighted by Crippen LogP contribution is -2.25. The number of thioether (sulfide) groups is 1. The van der Waals surface area contributed by atoms with Crippen LogP contribution in [0, 0.1) is 0 Å². The SMILES string of the molecule is CSc1ncccc1C(=O)Nc1ccc2c(c1)OC(F)(F)O2. The molecule has 1 aliphatic rings. The zero-order chi connectivity index (χ0) is 15.7. The van der Waals surface area contributed by atoms with Gasteiger partial charge in [-0.25, -0.2) is 4.98 Å². The van der Waals surface area contributed by atoms with E-state index in [4.69, 9.17) is 0 Å². The Hall–Kier alpha value is -2.35. The van der Waals surface area contributed by atoms with E-state index in [0.29, 0.717) is 16.3 Å². The van der Waals surface area contributed by atoms with E-state index in [-0.39, 0.29) is 17.4 Å². The molecule has 5 nitrogen and oxygen atoms in total. The van der Waals surface area contributed by atoms with Crippen LogP contribution in [0.5, 0.6) is 11.5 Å². The molecule has 1 aliphatic heterocycles. The van der Waals surface area contributed by atoms with Crippen LogP contribution in [-0.4, -0.2) is 23.4 Å². The Morgan fingerprint density at radius 3 is 2.82 bits per heavy atom. The summed E-state index contributed by atoms with van der Waals surface area (Å²) in [6.45, 7) is 0. The fourth-order valence-electron chi connectivity index (χ4n) is 1.95. The predicted octanol–water partition coefficient (Wildman–Crippen LogP) is 3.38. The Labute approximate surface area is 128 Å². The van der Waals surface area contributed by atoms with Gasteiger partial charge in [0.25, 0.3) is 5.91 Å². The van der Waals surface area contributed by atoms with Gasteiger partial charge in [-0.2, -0.15) is 0 Å². The number of aromatic nitrogens is 1. The van der Waals surface area contributed by atoms with Crippen LogP contribution >= 0.6 is 11.8 Å². The van der Waals surface area contributed by atoms with Gasteiger partial charge in [-0.1, -0.05) is 0 Å². The number of fused-ring (bicyclic) bond motifs is 1. The molecule has 0 aliphatic carbocycles. The Morgan fingerprint density at radius 1 is 1.27 bits per heavy atom. The first-order valence-corrected chi connectivity index (χ1v) is 7.41. The minimum atomic E-state index is -3.68. The van der Waals surface area contributed by atoms with E-state index >= 15 is 0 Å². The number of anilines is 1. The fourth-order valence-corrected chi connectivity index (χ4v) is 2.50. The number of hydrogen-bond acceptors (Lipinski definition) is 5. The molecule has 0 bridgehead atoms. The van der Waals surface area contributed by atoms with Crippen LogP contribution in [0.15, 0.2) is 41.6 Å². The average molecular weight is 324 g/mol. The smallest absolute Gasteiger partial charge is 0.395 e. The summed E-state index contributed by atoms with van der Waals surface area (Å²) in [5.41, 5.74) is 0.721. The van der Waals surface area contributed by atoms with E-state index in [2.05, 4.69) is 19.8 Å². The fraction of sp³-hybridized carbons (Fsp3) is 0.143. The van der Waals surface area contributed by atoms with Gasteiger partial charge in [-0.15, -0.1) is 20.5 Å². The summed E-state index contributed by atoms with van der Waals surface area (Å²) in [6.07, 6.45) is -0.284. The number of benzene rings is 1. The second kappa shape index (κ2) is 5.45. The first-order chi connectivity index (χ1) is 10.5. The molecule has 0 saturated heterocycles. The summed E-state index contributed by atoms with van der Waals surface area (Å²) in [7, 11) is 0. The largest absolute Gasteiger partial charge is 0.586 e. The molecule has 3 rings (SSSR count). The van der Waals surface area contributed by atoms with Crippen LogP contribution in [-0.2, 0) is 0 Å². The molecule has 2 aromatic rings. The second-order valence-electron chi connectivity index (χ2n) is 4.34. The minimum absolute atomic E-state index is 0.0748. The molecule has 0 saturated carbocycles. The number of carbonyl (C=O) groups excluding carboxylic acids is 1. The third-order valence-electron chi connectivity index (χ3n) is 2.87. The van der Waals surface area contributed by atoms with Crippen molar-refractivity contribution in [1.82, 2.24) is 4.98 Å². The predicted molar refractivity (Wildman–Crippen MR) is 76.6 cm³/mol. The molecule has 0 spiro atoms. The van der Waals surface area contributed by atoms with Gasteiger partial charge in [0.05, 0.1) is 5.56 Å². The summed E-state index contributed by atoms with van der Waals surface area (Å²) in [5.74, 6) is -0.587. The number of pyridine rings is 1. The highest BCUT2D eigenvalue weighted by atomic mass is 32.2. The lowest BCUT2D eigenvalue weighted by molar-refractivity contribution is -0.286. The quantitative estimate of drug-likeness (QED) is 0.877. The molecular weight excluding hydrogens is 314 g/mol. The number of carbonyl (C=O) groups is 1. The Balaban J connectivity index is 1.81. The summed E-state index contributed by atoms with van der Waals surface area (Å²) >= 11 is 1.34. The lowest BCUT2D eigenvalue weighted by atomic mass is 10.2. The molecule has 0 fully saturated rings. The molecule has 1 N–H and O–H groups in total. The topological polar surface area (TPSA) is 60.5 Å². The minimum Gasteiger partial charge on any atom is -0.395 e.